The van der Waals surface area contributed by atoms with Crippen LogP contribution >= 0.6 is 0 Å². The number of carbonyl (C=O) groups is 3. The fourth-order valence-electron chi connectivity index (χ4n) is 5.08. The Balaban J connectivity index is 1.30. The summed E-state index contributed by atoms with van der Waals surface area (Å²) in [6, 6.07) is 7.73. The van der Waals surface area contributed by atoms with Crippen molar-refractivity contribution < 1.29 is 19.1 Å². The highest BCUT2D eigenvalue weighted by Gasteiger charge is 2.52. The second-order valence-corrected chi connectivity index (χ2v) is 9.36. The van der Waals surface area contributed by atoms with Crippen molar-refractivity contribution in [2.24, 2.45) is 5.92 Å². The highest BCUT2D eigenvalue weighted by molar-refractivity contribution is 6.07. The van der Waals surface area contributed by atoms with E-state index in [9.17, 15) is 14.4 Å². The van der Waals surface area contributed by atoms with Gasteiger partial charge in [0.15, 0.2) is 0 Å². The van der Waals surface area contributed by atoms with E-state index in [0.717, 1.165) is 24.2 Å². The second kappa shape index (κ2) is 9.58. The van der Waals surface area contributed by atoms with Crippen LogP contribution in [-0.2, 0) is 20.7 Å². The molecular formula is C24H34N4O4. The van der Waals surface area contributed by atoms with Crippen LogP contribution in [0.2, 0.25) is 0 Å². The highest BCUT2D eigenvalue weighted by atomic mass is 16.5. The monoisotopic (exact) mass is 442 g/mol. The lowest BCUT2D eigenvalue weighted by Gasteiger charge is -2.39. The molecule has 0 aromatic heterocycles. The summed E-state index contributed by atoms with van der Waals surface area (Å²) in [5.74, 6) is 0.00350. The first-order chi connectivity index (χ1) is 15.4. The molecule has 8 nitrogen and oxygen atoms in total. The van der Waals surface area contributed by atoms with Crippen LogP contribution in [0.4, 0.5) is 4.79 Å². The van der Waals surface area contributed by atoms with Gasteiger partial charge in [0.2, 0.25) is 5.91 Å². The Morgan fingerprint density at radius 3 is 2.53 bits per heavy atom. The van der Waals surface area contributed by atoms with Gasteiger partial charge < -0.3 is 15.0 Å². The van der Waals surface area contributed by atoms with E-state index in [2.05, 4.69) is 10.2 Å². The minimum atomic E-state index is -0.895. The topological polar surface area (TPSA) is 82.2 Å². The number of likely N-dealkylation sites (tertiary alicyclic amines) is 1. The lowest BCUT2D eigenvalue weighted by atomic mass is 9.79. The third-order valence-corrected chi connectivity index (χ3v) is 7.15. The molecule has 32 heavy (non-hydrogen) atoms. The van der Waals surface area contributed by atoms with Crippen LogP contribution in [0.15, 0.2) is 24.3 Å². The molecule has 3 heterocycles. The Morgan fingerprint density at radius 1 is 1.12 bits per heavy atom. The van der Waals surface area contributed by atoms with Crippen LogP contribution in [0, 0.1) is 12.8 Å². The number of hydrogen-bond donors (Lipinski definition) is 1. The molecule has 3 fully saturated rings. The molecule has 0 spiro atoms. The molecule has 3 saturated heterocycles. The summed E-state index contributed by atoms with van der Waals surface area (Å²) in [5, 5.41) is 2.97. The van der Waals surface area contributed by atoms with Gasteiger partial charge >= 0.3 is 6.03 Å². The summed E-state index contributed by atoms with van der Waals surface area (Å²) in [6.45, 7) is 9.21. The zero-order valence-electron chi connectivity index (χ0n) is 19.1. The number of carbonyl (C=O) groups excluding carboxylic acids is 3. The molecule has 0 aliphatic carbocycles. The Kier molecular flexibility index (Phi) is 6.81. The molecule has 4 rings (SSSR count). The van der Waals surface area contributed by atoms with E-state index in [4.69, 9.17) is 4.74 Å². The van der Waals surface area contributed by atoms with Crippen molar-refractivity contribution in [3.05, 3.63) is 35.4 Å². The van der Waals surface area contributed by atoms with E-state index in [0.29, 0.717) is 58.7 Å². The van der Waals surface area contributed by atoms with Gasteiger partial charge in [-0.15, -0.1) is 0 Å². The minimum absolute atomic E-state index is 0.0235. The molecule has 1 atom stereocenters. The van der Waals surface area contributed by atoms with Gasteiger partial charge in [0.05, 0.1) is 19.6 Å². The van der Waals surface area contributed by atoms with Crippen molar-refractivity contribution in [3.8, 4) is 0 Å². The van der Waals surface area contributed by atoms with Gasteiger partial charge in [-0.1, -0.05) is 29.8 Å². The minimum Gasteiger partial charge on any atom is -0.379 e. The fourth-order valence-corrected chi connectivity index (χ4v) is 5.08. The van der Waals surface area contributed by atoms with Gasteiger partial charge in [-0.3, -0.25) is 19.4 Å². The number of benzene rings is 1. The van der Waals surface area contributed by atoms with Crippen molar-refractivity contribution in [1.82, 2.24) is 20.0 Å². The number of urea groups is 1. The molecule has 1 N–H and O–H groups in total. The second-order valence-electron chi connectivity index (χ2n) is 9.36. The maximum atomic E-state index is 13.2. The Bertz CT molecular complexity index is 861. The highest BCUT2D eigenvalue weighted by Crippen LogP contribution is 2.33. The summed E-state index contributed by atoms with van der Waals surface area (Å²) in [6.07, 6.45) is 1.81. The normalized spacial score (nSPS) is 25.3. The van der Waals surface area contributed by atoms with E-state index in [1.165, 1.54) is 4.90 Å². The summed E-state index contributed by atoms with van der Waals surface area (Å²) in [4.78, 5) is 44.1. The Labute approximate surface area is 189 Å². The quantitative estimate of drug-likeness (QED) is 0.674. The van der Waals surface area contributed by atoms with Crippen molar-refractivity contribution in [1.29, 1.82) is 0 Å². The number of morpholine rings is 1. The zero-order valence-corrected chi connectivity index (χ0v) is 19.1. The van der Waals surface area contributed by atoms with Gasteiger partial charge in [0.1, 0.15) is 5.54 Å². The van der Waals surface area contributed by atoms with Crippen molar-refractivity contribution in [2.45, 2.75) is 38.6 Å². The average molecular weight is 443 g/mol. The van der Waals surface area contributed by atoms with E-state index in [1.807, 2.05) is 43.0 Å². The molecule has 3 aliphatic heterocycles. The average Bonchev–Trinajstić information content (AvgIpc) is 3.02. The number of aryl methyl sites for hydroxylation is 1. The predicted octanol–water partition coefficient (Wildman–Crippen LogP) is 1.42. The number of hydrogen-bond acceptors (Lipinski definition) is 5. The van der Waals surface area contributed by atoms with Crippen LogP contribution in [0.1, 0.15) is 30.9 Å². The predicted molar refractivity (Wildman–Crippen MR) is 120 cm³/mol. The first-order valence-corrected chi connectivity index (χ1v) is 11.6. The molecule has 3 aliphatic rings. The SMILES string of the molecule is Cc1cccc(CC(=O)N2CCC(C3(C)NC(=O)N(CCN4CCOCC4)C3=O)CC2)c1. The Morgan fingerprint density at radius 2 is 1.84 bits per heavy atom. The number of rotatable bonds is 6. The molecule has 174 valence electrons. The summed E-state index contributed by atoms with van der Waals surface area (Å²) in [7, 11) is 0. The van der Waals surface area contributed by atoms with Crippen LogP contribution in [-0.4, -0.2) is 90.6 Å². The Hall–Kier alpha value is -2.45. The zero-order chi connectivity index (χ0) is 22.7. The number of piperidine rings is 1. The molecule has 0 saturated carbocycles. The van der Waals surface area contributed by atoms with Crippen LogP contribution in [0.5, 0.6) is 0 Å². The summed E-state index contributed by atoms with van der Waals surface area (Å²) in [5.41, 5.74) is 1.28. The van der Waals surface area contributed by atoms with Crippen molar-refractivity contribution in [3.63, 3.8) is 0 Å². The largest absolute Gasteiger partial charge is 0.379 e. The number of amides is 4. The van der Waals surface area contributed by atoms with Gasteiger partial charge in [-0.25, -0.2) is 4.79 Å². The lowest BCUT2D eigenvalue weighted by Crippen LogP contribution is -2.54. The third kappa shape index (κ3) is 4.81. The van der Waals surface area contributed by atoms with Gasteiger partial charge in [-0.05, 0) is 38.2 Å². The number of nitrogens with one attached hydrogen (secondary N) is 1. The van der Waals surface area contributed by atoms with E-state index in [-0.39, 0.29) is 23.8 Å². The molecule has 4 amide bonds. The fraction of sp³-hybridized carbons (Fsp3) is 0.625. The van der Waals surface area contributed by atoms with Gasteiger partial charge in [-0.2, -0.15) is 0 Å². The van der Waals surface area contributed by atoms with E-state index in [1.54, 1.807) is 0 Å². The van der Waals surface area contributed by atoms with Gasteiger partial charge in [0, 0.05) is 39.3 Å². The molecule has 0 bridgehead atoms. The molecule has 0 radical (unpaired) electrons. The smallest absolute Gasteiger partial charge is 0.325 e. The standard InChI is InChI=1S/C24H34N4O4/c1-18-4-3-5-19(16-18)17-21(29)27-8-6-20(7-9-27)24(2)22(30)28(23(31)25-24)11-10-26-12-14-32-15-13-26/h3-5,16,20H,6-15,17H2,1-2H3,(H,25,31). The van der Waals surface area contributed by atoms with Crippen molar-refractivity contribution >= 4 is 17.8 Å². The molecule has 1 unspecified atom stereocenters. The summed E-state index contributed by atoms with van der Waals surface area (Å²) < 4.78 is 5.36. The molecule has 1 aromatic carbocycles. The maximum Gasteiger partial charge on any atom is 0.325 e. The first kappa shape index (κ1) is 22.7. The third-order valence-electron chi connectivity index (χ3n) is 7.15. The van der Waals surface area contributed by atoms with Crippen LogP contribution in [0.3, 0.4) is 0 Å². The van der Waals surface area contributed by atoms with Crippen LogP contribution in [0.25, 0.3) is 0 Å². The summed E-state index contributed by atoms with van der Waals surface area (Å²) >= 11 is 0. The molecule has 8 heteroatoms. The first-order valence-electron chi connectivity index (χ1n) is 11.6. The van der Waals surface area contributed by atoms with Crippen molar-refractivity contribution in [2.75, 3.05) is 52.5 Å². The van der Waals surface area contributed by atoms with E-state index >= 15 is 0 Å². The van der Waals surface area contributed by atoms with E-state index < -0.39 is 5.54 Å². The molecular weight excluding hydrogens is 408 g/mol. The number of nitrogens with zero attached hydrogens (tertiary/aromatic N) is 3. The number of imide groups is 1. The molecule has 1 aromatic rings. The lowest BCUT2D eigenvalue weighted by molar-refractivity contribution is -0.135. The van der Waals surface area contributed by atoms with Crippen LogP contribution < -0.4 is 5.32 Å². The van der Waals surface area contributed by atoms with Gasteiger partial charge in [0.25, 0.3) is 5.91 Å². The maximum absolute atomic E-state index is 13.2. The number of ether oxygens (including phenoxy) is 1.